The molecule has 0 amide bonds. The Morgan fingerprint density at radius 2 is 0.600 bits per heavy atom. The van der Waals surface area contributed by atoms with Crippen molar-refractivity contribution in [3.05, 3.63) is 24.3 Å². The van der Waals surface area contributed by atoms with E-state index < -0.39 is 6.10 Å². The van der Waals surface area contributed by atoms with E-state index in [2.05, 4.69) is 45.1 Å². The van der Waals surface area contributed by atoms with Gasteiger partial charge in [-0.25, -0.2) is 0 Å². The number of unbranched alkanes of at least 4 members (excludes halogenated alkanes) is 33. The van der Waals surface area contributed by atoms with Crippen molar-refractivity contribution in [2.45, 2.75) is 290 Å². The minimum Gasteiger partial charge on any atom is -0.462 e. The maximum Gasteiger partial charge on any atom is 0.306 e. The molecule has 6 heteroatoms. The van der Waals surface area contributed by atoms with E-state index in [0.717, 1.165) is 77.0 Å². The average Bonchev–Trinajstić information content (AvgIpc) is 3.24. The Balaban J connectivity index is 4.34. The molecule has 6 nitrogen and oxygen atoms in total. The summed E-state index contributed by atoms with van der Waals surface area (Å²) in [6.07, 6.45) is 55.8. The zero-order valence-corrected chi connectivity index (χ0v) is 40.2. The minimum atomic E-state index is -0.772. The molecule has 352 valence electrons. The lowest BCUT2D eigenvalue weighted by Gasteiger charge is -2.18. The van der Waals surface area contributed by atoms with Crippen LogP contribution in [-0.4, -0.2) is 37.2 Å². The lowest BCUT2D eigenvalue weighted by atomic mass is 10.0. The normalized spacial score (nSPS) is 12.1. The van der Waals surface area contributed by atoms with Gasteiger partial charge < -0.3 is 14.2 Å². The van der Waals surface area contributed by atoms with Crippen LogP contribution in [0.4, 0.5) is 0 Å². The van der Waals surface area contributed by atoms with Crippen LogP contribution in [0.25, 0.3) is 0 Å². The molecule has 0 bridgehead atoms. The molecule has 0 N–H and O–H groups in total. The Labute approximate surface area is 373 Å². The van der Waals surface area contributed by atoms with Gasteiger partial charge in [0.1, 0.15) is 13.2 Å². The van der Waals surface area contributed by atoms with Crippen LogP contribution < -0.4 is 0 Å². The summed E-state index contributed by atoms with van der Waals surface area (Å²) in [7, 11) is 0. The van der Waals surface area contributed by atoms with E-state index in [0.29, 0.717) is 19.3 Å². The van der Waals surface area contributed by atoms with Gasteiger partial charge in [0.15, 0.2) is 6.10 Å². The summed E-state index contributed by atoms with van der Waals surface area (Å²) in [4.78, 5) is 37.9. The molecule has 1 unspecified atom stereocenters. The van der Waals surface area contributed by atoms with Crippen molar-refractivity contribution in [1.29, 1.82) is 0 Å². The molecule has 0 rings (SSSR count). The van der Waals surface area contributed by atoms with Crippen LogP contribution in [-0.2, 0) is 28.6 Å². The Hall–Kier alpha value is -2.11. The van der Waals surface area contributed by atoms with Crippen LogP contribution in [0.1, 0.15) is 284 Å². The summed E-state index contributed by atoms with van der Waals surface area (Å²) in [5.41, 5.74) is 0. The molecule has 0 saturated heterocycles. The number of hydrogen-bond acceptors (Lipinski definition) is 6. The van der Waals surface area contributed by atoms with Gasteiger partial charge in [0.25, 0.3) is 0 Å². The van der Waals surface area contributed by atoms with Crippen LogP contribution >= 0.6 is 0 Å². The molecule has 0 saturated carbocycles. The Bertz CT molecular complexity index is 973. The van der Waals surface area contributed by atoms with Gasteiger partial charge in [-0.2, -0.15) is 0 Å². The number of rotatable bonds is 48. The summed E-state index contributed by atoms with van der Waals surface area (Å²) in [6.45, 7) is 6.62. The smallest absolute Gasteiger partial charge is 0.306 e. The number of hydrogen-bond donors (Lipinski definition) is 0. The van der Waals surface area contributed by atoms with Gasteiger partial charge in [0, 0.05) is 19.3 Å². The first-order chi connectivity index (χ1) is 29.5. The van der Waals surface area contributed by atoms with Gasteiger partial charge in [-0.05, 0) is 51.4 Å². The fourth-order valence-electron chi connectivity index (χ4n) is 7.71. The molecule has 0 aromatic heterocycles. The van der Waals surface area contributed by atoms with Crippen molar-refractivity contribution in [2.24, 2.45) is 0 Å². The minimum absolute atomic E-state index is 0.0721. The molecule has 1 atom stereocenters. The summed E-state index contributed by atoms with van der Waals surface area (Å²) in [6, 6.07) is 0. The molecular weight excluding hydrogens is 745 g/mol. The molecule has 0 aromatic carbocycles. The van der Waals surface area contributed by atoms with E-state index in [1.807, 2.05) is 0 Å². The molecule has 0 aliphatic carbocycles. The lowest BCUT2D eigenvalue weighted by molar-refractivity contribution is -0.167. The third-order valence-corrected chi connectivity index (χ3v) is 11.7. The number of allylic oxidation sites excluding steroid dienone is 4. The highest BCUT2D eigenvalue weighted by Gasteiger charge is 2.19. The van der Waals surface area contributed by atoms with E-state index in [1.165, 1.54) is 167 Å². The standard InChI is InChI=1S/C54H100O6/c1-4-7-10-13-16-19-22-24-26-28-29-32-35-38-41-44-47-53(56)59-50-51(49-58-52(55)46-43-40-37-34-31-21-18-15-12-9-6-3)60-54(57)48-45-42-39-36-33-30-27-25-23-20-17-14-11-8-5-2/h17,20,25,27,51H,4-16,18-19,21-24,26,28-50H2,1-3H3/b20-17-,27-25-. The summed E-state index contributed by atoms with van der Waals surface area (Å²) >= 11 is 0. The van der Waals surface area contributed by atoms with Gasteiger partial charge in [-0.15, -0.1) is 0 Å². The highest BCUT2D eigenvalue weighted by atomic mass is 16.6. The van der Waals surface area contributed by atoms with Gasteiger partial charge in [0.05, 0.1) is 0 Å². The van der Waals surface area contributed by atoms with Gasteiger partial charge in [-0.3, -0.25) is 14.4 Å². The number of carbonyl (C=O) groups excluding carboxylic acids is 3. The number of carbonyl (C=O) groups is 3. The molecule has 0 aliphatic heterocycles. The molecule has 60 heavy (non-hydrogen) atoms. The maximum absolute atomic E-state index is 12.8. The van der Waals surface area contributed by atoms with E-state index >= 15 is 0 Å². The third-order valence-electron chi connectivity index (χ3n) is 11.7. The number of ether oxygens (including phenoxy) is 3. The molecule has 0 aliphatic rings. The van der Waals surface area contributed by atoms with Crippen LogP contribution in [0, 0.1) is 0 Å². The van der Waals surface area contributed by atoms with E-state index in [1.54, 1.807) is 0 Å². The van der Waals surface area contributed by atoms with Crippen LogP contribution in [0.5, 0.6) is 0 Å². The van der Waals surface area contributed by atoms with Crippen molar-refractivity contribution in [3.63, 3.8) is 0 Å². The van der Waals surface area contributed by atoms with Gasteiger partial charge in [-0.1, -0.05) is 238 Å². The second-order valence-corrected chi connectivity index (χ2v) is 17.8. The topological polar surface area (TPSA) is 78.9 Å². The summed E-state index contributed by atoms with van der Waals surface area (Å²) in [5, 5.41) is 0. The SMILES string of the molecule is CCCCC/C=C\C/C=C\CCCCCCCC(=O)OC(COC(=O)CCCCCCCCCCCCC)COC(=O)CCCCCCCCCCCCCCCCCC. The molecule has 0 radical (unpaired) electrons. The predicted octanol–water partition coefficient (Wildman–Crippen LogP) is 17.2. The first kappa shape index (κ1) is 57.9. The molecular formula is C54H100O6. The Morgan fingerprint density at radius 3 is 0.950 bits per heavy atom. The maximum atomic E-state index is 12.8. The zero-order valence-electron chi connectivity index (χ0n) is 40.2. The van der Waals surface area contributed by atoms with Gasteiger partial charge in [0.2, 0.25) is 0 Å². The van der Waals surface area contributed by atoms with Crippen LogP contribution in [0.15, 0.2) is 24.3 Å². The van der Waals surface area contributed by atoms with Crippen LogP contribution in [0.2, 0.25) is 0 Å². The third kappa shape index (κ3) is 46.9. The monoisotopic (exact) mass is 845 g/mol. The highest BCUT2D eigenvalue weighted by molar-refractivity contribution is 5.71. The second-order valence-electron chi connectivity index (χ2n) is 17.8. The van der Waals surface area contributed by atoms with Gasteiger partial charge >= 0.3 is 17.9 Å². The fourth-order valence-corrected chi connectivity index (χ4v) is 7.71. The van der Waals surface area contributed by atoms with Crippen LogP contribution in [0.3, 0.4) is 0 Å². The first-order valence-electron chi connectivity index (χ1n) is 26.3. The predicted molar refractivity (Wildman–Crippen MR) is 256 cm³/mol. The molecule has 0 heterocycles. The fraction of sp³-hybridized carbons (Fsp3) is 0.870. The first-order valence-corrected chi connectivity index (χ1v) is 26.3. The van der Waals surface area contributed by atoms with E-state index in [4.69, 9.17) is 14.2 Å². The van der Waals surface area contributed by atoms with Crippen molar-refractivity contribution in [2.75, 3.05) is 13.2 Å². The number of esters is 3. The van der Waals surface area contributed by atoms with Crippen molar-refractivity contribution >= 4 is 17.9 Å². The molecule has 0 fully saturated rings. The van der Waals surface area contributed by atoms with E-state index in [9.17, 15) is 14.4 Å². The van der Waals surface area contributed by atoms with E-state index in [-0.39, 0.29) is 31.1 Å². The Morgan fingerprint density at radius 1 is 0.333 bits per heavy atom. The average molecular weight is 845 g/mol. The Kier molecular flexibility index (Phi) is 47.8. The zero-order chi connectivity index (χ0) is 43.7. The summed E-state index contributed by atoms with van der Waals surface area (Å²) < 4.78 is 16.8. The lowest BCUT2D eigenvalue weighted by Crippen LogP contribution is -2.30. The van der Waals surface area contributed by atoms with Crippen molar-refractivity contribution < 1.29 is 28.6 Å². The largest absolute Gasteiger partial charge is 0.462 e. The quantitative estimate of drug-likeness (QED) is 0.0263. The molecule has 0 spiro atoms. The van der Waals surface area contributed by atoms with Crippen molar-refractivity contribution in [1.82, 2.24) is 0 Å². The second kappa shape index (κ2) is 49.5. The van der Waals surface area contributed by atoms with Crippen molar-refractivity contribution in [3.8, 4) is 0 Å². The molecule has 0 aromatic rings. The highest BCUT2D eigenvalue weighted by Crippen LogP contribution is 2.16. The summed E-state index contributed by atoms with van der Waals surface area (Å²) in [5.74, 6) is -0.872.